The summed E-state index contributed by atoms with van der Waals surface area (Å²) in [4.78, 5) is 4.31. The number of thioether (sulfide) groups is 1. The third kappa shape index (κ3) is 4.22. The van der Waals surface area contributed by atoms with Gasteiger partial charge < -0.3 is 10.3 Å². The summed E-state index contributed by atoms with van der Waals surface area (Å²) >= 11 is 1.80. The van der Waals surface area contributed by atoms with Crippen LogP contribution < -0.4 is 5.73 Å². The molecule has 1 heterocycles. The third-order valence-electron chi connectivity index (χ3n) is 2.06. The average Bonchev–Trinajstić information content (AvgIpc) is 2.63. The van der Waals surface area contributed by atoms with Crippen LogP contribution in [0.15, 0.2) is 4.52 Å². The van der Waals surface area contributed by atoms with E-state index in [2.05, 4.69) is 30.9 Å². The first-order chi connectivity index (χ1) is 7.13. The summed E-state index contributed by atoms with van der Waals surface area (Å²) in [5.74, 6) is 2.61. The molecule has 0 bridgehead atoms. The zero-order chi connectivity index (χ0) is 11.3. The molecule has 15 heavy (non-hydrogen) atoms. The maximum absolute atomic E-state index is 5.48. The fourth-order valence-electron chi connectivity index (χ4n) is 1.09. The lowest BCUT2D eigenvalue weighted by Crippen LogP contribution is -2.07. The predicted octanol–water partition coefficient (Wildman–Crippen LogP) is 2.16. The van der Waals surface area contributed by atoms with Gasteiger partial charge in [-0.25, -0.2) is 0 Å². The lowest BCUT2D eigenvalue weighted by Gasteiger charge is -2.06. The van der Waals surface area contributed by atoms with E-state index < -0.39 is 0 Å². The lowest BCUT2D eigenvalue weighted by molar-refractivity contribution is 0.382. The second kappa shape index (κ2) is 6.12. The highest BCUT2D eigenvalue weighted by Gasteiger charge is 2.10. The molecule has 0 fully saturated rings. The van der Waals surface area contributed by atoms with Crippen molar-refractivity contribution in [1.82, 2.24) is 10.1 Å². The van der Waals surface area contributed by atoms with Crippen molar-refractivity contribution in [2.24, 2.45) is 5.73 Å². The first kappa shape index (κ1) is 12.5. The number of nitrogens with two attached hydrogens (primary N) is 1. The summed E-state index contributed by atoms with van der Waals surface area (Å²) in [5, 5.41) is 4.46. The summed E-state index contributed by atoms with van der Waals surface area (Å²) in [5.41, 5.74) is 5.48. The first-order valence-electron chi connectivity index (χ1n) is 5.27. The molecule has 1 aromatic rings. The molecule has 1 atom stereocenters. The Morgan fingerprint density at radius 2 is 2.13 bits per heavy atom. The van der Waals surface area contributed by atoms with Crippen molar-refractivity contribution < 1.29 is 4.52 Å². The van der Waals surface area contributed by atoms with Crippen LogP contribution in [0.3, 0.4) is 0 Å². The van der Waals surface area contributed by atoms with Gasteiger partial charge in [0.15, 0.2) is 5.82 Å². The Bertz CT molecular complexity index is 288. The van der Waals surface area contributed by atoms with Gasteiger partial charge in [0.25, 0.3) is 0 Å². The second-order valence-electron chi connectivity index (χ2n) is 3.90. The van der Waals surface area contributed by atoms with Crippen LogP contribution in [-0.4, -0.2) is 21.9 Å². The maximum atomic E-state index is 5.48. The molecule has 1 aromatic heterocycles. The van der Waals surface area contributed by atoms with Crippen LogP contribution in [0.1, 0.15) is 44.8 Å². The monoisotopic (exact) mass is 229 g/mol. The van der Waals surface area contributed by atoms with E-state index in [0.29, 0.717) is 17.1 Å². The maximum Gasteiger partial charge on any atom is 0.236 e. The van der Waals surface area contributed by atoms with Gasteiger partial charge in [0.1, 0.15) is 0 Å². The quantitative estimate of drug-likeness (QED) is 0.809. The van der Waals surface area contributed by atoms with Crippen molar-refractivity contribution in [1.29, 1.82) is 0 Å². The molecule has 0 aliphatic carbocycles. The van der Waals surface area contributed by atoms with Crippen molar-refractivity contribution in [3.63, 3.8) is 0 Å². The molecule has 0 aliphatic rings. The molecule has 0 aromatic carbocycles. The molecular weight excluding hydrogens is 210 g/mol. The van der Waals surface area contributed by atoms with Crippen LogP contribution in [0.4, 0.5) is 0 Å². The van der Waals surface area contributed by atoms with Crippen LogP contribution in [-0.2, 0) is 5.75 Å². The van der Waals surface area contributed by atoms with Gasteiger partial charge in [-0.15, -0.1) is 11.8 Å². The van der Waals surface area contributed by atoms with E-state index in [0.717, 1.165) is 24.5 Å². The number of hydrogen-bond donors (Lipinski definition) is 1. The second-order valence-corrected chi connectivity index (χ2v) is 5.33. The highest BCUT2D eigenvalue weighted by atomic mass is 32.2. The van der Waals surface area contributed by atoms with E-state index in [1.807, 2.05) is 0 Å². The minimum Gasteiger partial charge on any atom is -0.338 e. The molecule has 4 nitrogen and oxygen atoms in total. The Morgan fingerprint density at radius 1 is 1.40 bits per heavy atom. The van der Waals surface area contributed by atoms with Gasteiger partial charge >= 0.3 is 0 Å². The highest BCUT2D eigenvalue weighted by molar-refractivity contribution is 7.99. The number of aromatic nitrogens is 2. The van der Waals surface area contributed by atoms with Gasteiger partial charge in [0.2, 0.25) is 5.89 Å². The van der Waals surface area contributed by atoms with Crippen LogP contribution in [0.25, 0.3) is 0 Å². The summed E-state index contributed by atoms with van der Waals surface area (Å²) in [7, 11) is 0. The minimum atomic E-state index is 0.328. The standard InChI is InChI=1S/C10H19N3OS/c1-7(2)10-12-9(14-13-10)6-15-8(3)4-5-11/h7-8H,4-6,11H2,1-3H3. The van der Waals surface area contributed by atoms with Gasteiger partial charge in [-0.3, -0.25) is 0 Å². The molecular formula is C10H19N3OS. The van der Waals surface area contributed by atoms with E-state index in [1.54, 1.807) is 11.8 Å². The highest BCUT2D eigenvalue weighted by Crippen LogP contribution is 2.19. The fraction of sp³-hybridized carbons (Fsp3) is 0.800. The van der Waals surface area contributed by atoms with Gasteiger partial charge in [-0.1, -0.05) is 25.9 Å². The first-order valence-corrected chi connectivity index (χ1v) is 6.32. The van der Waals surface area contributed by atoms with Gasteiger partial charge in [-0.05, 0) is 13.0 Å². The SMILES string of the molecule is CC(CCN)SCc1nc(C(C)C)no1. The van der Waals surface area contributed by atoms with Crippen molar-refractivity contribution in [2.75, 3.05) is 6.54 Å². The zero-order valence-electron chi connectivity index (χ0n) is 9.56. The number of hydrogen-bond acceptors (Lipinski definition) is 5. The molecule has 0 amide bonds. The Hall–Kier alpha value is -0.550. The molecule has 0 saturated carbocycles. The molecule has 1 unspecified atom stereocenters. The Balaban J connectivity index is 2.37. The van der Waals surface area contributed by atoms with E-state index in [1.165, 1.54) is 0 Å². The summed E-state index contributed by atoms with van der Waals surface area (Å²) in [6.45, 7) is 7.00. The Morgan fingerprint density at radius 3 is 2.67 bits per heavy atom. The van der Waals surface area contributed by atoms with Crippen molar-refractivity contribution >= 4 is 11.8 Å². The largest absolute Gasteiger partial charge is 0.338 e. The van der Waals surface area contributed by atoms with Crippen LogP contribution in [0.5, 0.6) is 0 Å². The smallest absolute Gasteiger partial charge is 0.236 e. The zero-order valence-corrected chi connectivity index (χ0v) is 10.4. The van der Waals surface area contributed by atoms with E-state index in [4.69, 9.17) is 10.3 Å². The molecule has 2 N–H and O–H groups in total. The summed E-state index contributed by atoms with van der Waals surface area (Å²) in [6.07, 6.45) is 1.02. The molecule has 0 radical (unpaired) electrons. The molecule has 0 saturated heterocycles. The summed E-state index contributed by atoms with van der Waals surface area (Å²) in [6, 6.07) is 0. The van der Waals surface area contributed by atoms with Gasteiger partial charge in [0, 0.05) is 11.2 Å². The van der Waals surface area contributed by atoms with Crippen LogP contribution >= 0.6 is 11.8 Å². The van der Waals surface area contributed by atoms with Gasteiger partial charge in [0.05, 0.1) is 5.75 Å². The number of rotatable bonds is 6. The predicted molar refractivity (Wildman–Crippen MR) is 62.8 cm³/mol. The Kier molecular flexibility index (Phi) is 5.11. The fourth-order valence-corrected chi connectivity index (χ4v) is 1.94. The number of nitrogens with zero attached hydrogens (tertiary/aromatic N) is 2. The van der Waals surface area contributed by atoms with Crippen molar-refractivity contribution in [3.8, 4) is 0 Å². The van der Waals surface area contributed by atoms with Crippen molar-refractivity contribution in [3.05, 3.63) is 11.7 Å². The topological polar surface area (TPSA) is 64.9 Å². The van der Waals surface area contributed by atoms with E-state index in [9.17, 15) is 0 Å². The normalized spacial score (nSPS) is 13.4. The van der Waals surface area contributed by atoms with Crippen LogP contribution in [0, 0.1) is 0 Å². The lowest BCUT2D eigenvalue weighted by atomic mass is 10.2. The molecule has 1 rings (SSSR count). The van der Waals surface area contributed by atoms with Gasteiger partial charge in [-0.2, -0.15) is 4.98 Å². The van der Waals surface area contributed by atoms with Crippen LogP contribution in [0.2, 0.25) is 0 Å². The molecule has 5 heteroatoms. The van der Waals surface area contributed by atoms with E-state index >= 15 is 0 Å². The Labute approximate surface area is 95.0 Å². The van der Waals surface area contributed by atoms with E-state index in [-0.39, 0.29) is 0 Å². The van der Waals surface area contributed by atoms with Crippen molar-refractivity contribution in [2.45, 2.75) is 44.1 Å². The average molecular weight is 229 g/mol. The minimum absolute atomic E-state index is 0.328. The summed E-state index contributed by atoms with van der Waals surface area (Å²) < 4.78 is 5.14. The molecule has 86 valence electrons. The molecule has 0 aliphatic heterocycles. The molecule has 0 spiro atoms. The third-order valence-corrected chi connectivity index (χ3v) is 3.28.